The third kappa shape index (κ3) is 2.90. The molecule has 16 heavy (non-hydrogen) atoms. The number of halogens is 1. The van der Waals surface area contributed by atoms with Crippen LogP contribution < -0.4 is 5.32 Å². The van der Waals surface area contributed by atoms with Crippen molar-refractivity contribution in [2.24, 2.45) is 0 Å². The molecule has 3 heteroatoms. The summed E-state index contributed by atoms with van der Waals surface area (Å²) in [5.41, 5.74) is 3.78. The van der Waals surface area contributed by atoms with E-state index in [2.05, 4.69) is 23.0 Å². The number of rotatable bonds is 4. The van der Waals surface area contributed by atoms with E-state index in [9.17, 15) is 4.39 Å². The predicted octanol–water partition coefficient (Wildman–Crippen LogP) is 3.49. The highest BCUT2D eigenvalue weighted by molar-refractivity contribution is 7.08. The molecular formula is C13H14FNS. The minimum absolute atomic E-state index is 0.183. The average molecular weight is 235 g/mol. The van der Waals surface area contributed by atoms with E-state index in [-0.39, 0.29) is 5.82 Å². The van der Waals surface area contributed by atoms with Gasteiger partial charge < -0.3 is 5.32 Å². The number of thiophene rings is 1. The largest absolute Gasteiger partial charge is 0.309 e. The van der Waals surface area contributed by atoms with E-state index in [4.69, 9.17) is 0 Å². The van der Waals surface area contributed by atoms with Gasteiger partial charge in [0.25, 0.3) is 0 Å². The van der Waals surface area contributed by atoms with Crippen molar-refractivity contribution < 1.29 is 4.39 Å². The molecule has 0 radical (unpaired) electrons. The first-order valence-electron chi connectivity index (χ1n) is 5.22. The lowest BCUT2D eigenvalue weighted by Gasteiger charge is -2.04. The van der Waals surface area contributed by atoms with Crippen molar-refractivity contribution in [1.82, 2.24) is 5.32 Å². The molecule has 0 unspecified atom stereocenters. The molecule has 0 saturated heterocycles. The fourth-order valence-corrected chi connectivity index (χ4v) is 2.37. The van der Waals surface area contributed by atoms with Gasteiger partial charge in [-0.15, -0.1) is 0 Å². The van der Waals surface area contributed by atoms with Gasteiger partial charge in [-0.1, -0.05) is 12.1 Å². The number of benzene rings is 1. The van der Waals surface area contributed by atoms with E-state index in [1.807, 2.05) is 12.1 Å². The van der Waals surface area contributed by atoms with Crippen LogP contribution in [0.2, 0.25) is 0 Å². The van der Waals surface area contributed by atoms with E-state index < -0.39 is 0 Å². The topological polar surface area (TPSA) is 12.0 Å². The highest BCUT2D eigenvalue weighted by Crippen LogP contribution is 2.13. The number of hydrogen-bond acceptors (Lipinski definition) is 2. The van der Waals surface area contributed by atoms with Crippen molar-refractivity contribution in [3.05, 3.63) is 57.5 Å². The van der Waals surface area contributed by atoms with E-state index in [0.717, 1.165) is 18.7 Å². The lowest BCUT2D eigenvalue weighted by Crippen LogP contribution is -2.12. The second-order valence-electron chi connectivity index (χ2n) is 3.81. The van der Waals surface area contributed by atoms with Crippen molar-refractivity contribution in [3.63, 3.8) is 0 Å². The summed E-state index contributed by atoms with van der Waals surface area (Å²) < 4.78 is 12.7. The van der Waals surface area contributed by atoms with Gasteiger partial charge in [0.1, 0.15) is 5.82 Å². The standard InChI is InChI=1S/C13H14FNS/c1-10-8-16-9-12(10)7-15-6-11-2-4-13(14)5-3-11/h2-5,8-9,15H,6-7H2,1H3. The van der Waals surface area contributed by atoms with Crippen molar-refractivity contribution in [1.29, 1.82) is 0 Å². The number of aryl methyl sites for hydroxylation is 1. The molecule has 0 bridgehead atoms. The first-order chi connectivity index (χ1) is 7.75. The Hall–Kier alpha value is -1.19. The summed E-state index contributed by atoms with van der Waals surface area (Å²) in [6, 6.07) is 6.60. The van der Waals surface area contributed by atoms with Crippen molar-refractivity contribution in [2.45, 2.75) is 20.0 Å². The summed E-state index contributed by atoms with van der Waals surface area (Å²) in [6.07, 6.45) is 0. The molecule has 0 amide bonds. The molecule has 84 valence electrons. The van der Waals surface area contributed by atoms with Crippen LogP contribution in [0.4, 0.5) is 4.39 Å². The van der Waals surface area contributed by atoms with Gasteiger partial charge >= 0.3 is 0 Å². The van der Waals surface area contributed by atoms with Crippen LogP contribution in [-0.2, 0) is 13.1 Å². The van der Waals surface area contributed by atoms with Crippen LogP contribution >= 0.6 is 11.3 Å². The van der Waals surface area contributed by atoms with Crippen molar-refractivity contribution >= 4 is 11.3 Å². The quantitative estimate of drug-likeness (QED) is 0.855. The molecule has 0 aliphatic rings. The van der Waals surface area contributed by atoms with Gasteiger partial charge in [0.2, 0.25) is 0 Å². The van der Waals surface area contributed by atoms with E-state index in [0.29, 0.717) is 0 Å². The maximum absolute atomic E-state index is 12.7. The second-order valence-corrected chi connectivity index (χ2v) is 4.55. The Morgan fingerprint density at radius 1 is 1.12 bits per heavy atom. The van der Waals surface area contributed by atoms with Crippen molar-refractivity contribution in [2.75, 3.05) is 0 Å². The normalized spacial score (nSPS) is 10.6. The Labute approximate surface area is 98.9 Å². The molecule has 0 aliphatic carbocycles. The minimum atomic E-state index is -0.183. The molecule has 2 rings (SSSR count). The van der Waals surface area contributed by atoms with Crippen LogP contribution in [0.25, 0.3) is 0 Å². The SMILES string of the molecule is Cc1cscc1CNCc1ccc(F)cc1. The van der Waals surface area contributed by atoms with Gasteiger partial charge in [-0.05, 0) is 46.5 Å². The first-order valence-corrected chi connectivity index (χ1v) is 6.17. The van der Waals surface area contributed by atoms with Crippen molar-refractivity contribution in [3.8, 4) is 0 Å². The van der Waals surface area contributed by atoms with E-state index in [1.54, 1.807) is 11.3 Å². The smallest absolute Gasteiger partial charge is 0.123 e. The van der Waals surface area contributed by atoms with Crippen LogP contribution in [0.5, 0.6) is 0 Å². The molecule has 1 aromatic heterocycles. The summed E-state index contributed by atoms with van der Waals surface area (Å²) in [5.74, 6) is -0.183. The molecule has 0 saturated carbocycles. The zero-order valence-electron chi connectivity index (χ0n) is 9.16. The highest BCUT2D eigenvalue weighted by Gasteiger charge is 1.98. The molecule has 1 nitrogen and oxygen atoms in total. The fourth-order valence-electron chi connectivity index (χ4n) is 1.51. The van der Waals surface area contributed by atoms with E-state index in [1.165, 1.54) is 23.3 Å². The average Bonchev–Trinajstić information content (AvgIpc) is 2.68. The van der Waals surface area contributed by atoms with Crippen LogP contribution in [0.3, 0.4) is 0 Å². The zero-order chi connectivity index (χ0) is 11.4. The summed E-state index contributed by atoms with van der Waals surface area (Å²) >= 11 is 1.72. The Kier molecular flexibility index (Phi) is 3.70. The molecule has 0 aliphatic heterocycles. The van der Waals surface area contributed by atoms with Crippen LogP contribution in [0.1, 0.15) is 16.7 Å². The minimum Gasteiger partial charge on any atom is -0.309 e. The molecule has 0 atom stereocenters. The molecule has 2 aromatic rings. The third-order valence-corrected chi connectivity index (χ3v) is 3.43. The van der Waals surface area contributed by atoms with Gasteiger partial charge in [-0.3, -0.25) is 0 Å². The Morgan fingerprint density at radius 3 is 2.50 bits per heavy atom. The lowest BCUT2D eigenvalue weighted by atomic mass is 10.2. The van der Waals surface area contributed by atoms with Crippen LogP contribution in [0.15, 0.2) is 35.0 Å². The zero-order valence-corrected chi connectivity index (χ0v) is 9.98. The molecule has 1 N–H and O–H groups in total. The Morgan fingerprint density at radius 2 is 1.88 bits per heavy atom. The number of hydrogen-bond donors (Lipinski definition) is 1. The van der Waals surface area contributed by atoms with E-state index >= 15 is 0 Å². The summed E-state index contributed by atoms with van der Waals surface area (Å²) in [7, 11) is 0. The Bertz CT molecular complexity index is 447. The molecular weight excluding hydrogens is 221 g/mol. The molecule has 0 fully saturated rings. The van der Waals surface area contributed by atoms with Crippen LogP contribution in [0, 0.1) is 12.7 Å². The van der Waals surface area contributed by atoms with Gasteiger partial charge in [-0.25, -0.2) is 4.39 Å². The third-order valence-electron chi connectivity index (χ3n) is 2.52. The fraction of sp³-hybridized carbons (Fsp3) is 0.231. The monoisotopic (exact) mass is 235 g/mol. The van der Waals surface area contributed by atoms with Gasteiger partial charge in [0.15, 0.2) is 0 Å². The van der Waals surface area contributed by atoms with Gasteiger partial charge in [0.05, 0.1) is 0 Å². The second kappa shape index (κ2) is 5.23. The highest BCUT2D eigenvalue weighted by atomic mass is 32.1. The summed E-state index contributed by atoms with van der Waals surface area (Å²) in [5, 5.41) is 7.66. The van der Waals surface area contributed by atoms with Crippen LogP contribution in [-0.4, -0.2) is 0 Å². The maximum atomic E-state index is 12.7. The maximum Gasteiger partial charge on any atom is 0.123 e. The molecule has 1 heterocycles. The summed E-state index contributed by atoms with van der Waals surface area (Å²) in [4.78, 5) is 0. The first kappa shape index (κ1) is 11.3. The Balaban J connectivity index is 1.84. The van der Waals surface area contributed by atoms with Gasteiger partial charge in [0, 0.05) is 13.1 Å². The predicted molar refractivity (Wildman–Crippen MR) is 66.0 cm³/mol. The summed E-state index contributed by atoms with van der Waals surface area (Å²) in [6.45, 7) is 3.76. The molecule has 0 spiro atoms. The van der Waals surface area contributed by atoms with Gasteiger partial charge in [-0.2, -0.15) is 11.3 Å². The number of nitrogens with one attached hydrogen (secondary N) is 1. The lowest BCUT2D eigenvalue weighted by molar-refractivity contribution is 0.625. The molecule has 1 aromatic carbocycles.